The van der Waals surface area contributed by atoms with Gasteiger partial charge in [0.2, 0.25) is 0 Å². The number of ether oxygens (including phenoxy) is 1. The maximum atomic E-state index is 9.12. The van der Waals surface area contributed by atoms with Crippen LogP contribution in [0.1, 0.15) is 11.1 Å². The summed E-state index contributed by atoms with van der Waals surface area (Å²) in [6.45, 7) is 0.473. The highest BCUT2D eigenvalue weighted by molar-refractivity contribution is 9.10. The first kappa shape index (κ1) is 13.2. The van der Waals surface area contributed by atoms with E-state index < -0.39 is 0 Å². The molecule has 4 heteroatoms. The Bertz CT molecular complexity index is 804. The summed E-state index contributed by atoms with van der Waals surface area (Å²) in [7, 11) is 0. The molecule has 98 valence electrons. The number of thiophene rings is 1. The van der Waals surface area contributed by atoms with Gasteiger partial charge in [-0.1, -0.05) is 34.1 Å². The van der Waals surface area contributed by atoms with Gasteiger partial charge in [0.15, 0.2) is 0 Å². The number of fused-ring (bicyclic) bond motifs is 1. The molecule has 0 saturated heterocycles. The number of benzene rings is 2. The van der Waals surface area contributed by atoms with Gasteiger partial charge in [-0.15, -0.1) is 11.3 Å². The summed E-state index contributed by atoms with van der Waals surface area (Å²) in [5.41, 5.74) is 1.69. The number of nitrogens with zero attached hydrogens (tertiary/aromatic N) is 1. The molecule has 0 spiro atoms. The van der Waals surface area contributed by atoms with E-state index in [2.05, 4.69) is 39.5 Å². The lowest BCUT2D eigenvalue weighted by molar-refractivity contribution is 0.307. The summed E-state index contributed by atoms with van der Waals surface area (Å²) in [6.07, 6.45) is 0. The number of hydrogen-bond acceptors (Lipinski definition) is 3. The molecule has 0 amide bonds. The molecule has 0 fully saturated rings. The van der Waals surface area contributed by atoms with Gasteiger partial charge < -0.3 is 4.74 Å². The van der Waals surface area contributed by atoms with Crippen LogP contribution in [0.25, 0.3) is 10.1 Å². The molecule has 0 atom stereocenters. The van der Waals surface area contributed by atoms with E-state index in [1.54, 1.807) is 17.4 Å². The topological polar surface area (TPSA) is 33.0 Å². The van der Waals surface area contributed by atoms with E-state index in [0.29, 0.717) is 17.9 Å². The van der Waals surface area contributed by atoms with Gasteiger partial charge in [0.05, 0.1) is 5.56 Å². The molecule has 3 rings (SSSR count). The summed E-state index contributed by atoms with van der Waals surface area (Å²) < 4.78 is 7.93. The molecule has 0 unspecified atom stereocenters. The average Bonchev–Trinajstić information content (AvgIpc) is 2.89. The first-order valence-electron chi connectivity index (χ1n) is 6.05. The molecular weight excluding hydrogens is 334 g/mol. The van der Waals surface area contributed by atoms with Crippen molar-refractivity contribution in [3.8, 4) is 11.8 Å². The van der Waals surface area contributed by atoms with Gasteiger partial charge in [-0.2, -0.15) is 5.26 Å². The third-order valence-corrected chi connectivity index (χ3v) is 4.51. The van der Waals surface area contributed by atoms with E-state index in [0.717, 1.165) is 10.0 Å². The Hall–Kier alpha value is -1.83. The molecular formula is C16H10BrNOS. The van der Waals surface area contributed by atoms with Gasteiger partial charge in [-0.05, 0) is 35.0 Å². The van der Waals surface area contributed by atoms with E-state index in [1.807, 2.05) is 24.3 Å². The van der Waals surface area contributed by atoms with E-state index in [1.165, 1.54) is 10.1 Å². The van der Waals surface area contributed by atoms with Gasteiger partial charge in [-0.3, -0.25) is 0 Å². The van der Waals surface area contributed by atoms with Crippen molar-refractivity contribution in [3.05, 3.63) is 63.4 Å². The minimum atomic E-state index is 0.473. The standard InChI is InChI=1S/C16H10BrNOS/c17-13-5-6-15(11(7-13)8-18)19-9-12-10-20-16-4-2-1-3-14(12)16/h1-7,10H,9H2. The molecule has 20 heavy (non-hydrogen) atoms. The van der Waals surface area contributed by atoms with Crippen LogP contribution < -0.4 is 4.74 Å². The van der Waals surface area contributed by atoms with Crippen molar-refractivity contribution in [1.29, 1.82) is 5.26 Å². The Morgan fingerprint density at radius 3 is 2.90 bits per heavy atom. The van der Waals surface area contributed by atoms with Gasteiger partial charge >= 0.3 is 0 Å². The van der Waals surface area contributed by atoms with Crippen LogP contribution in [-0.4, -0.2) is 0 Å². The van der Waals surface area contributed by atoms with Crippen molar-refractivity contribution in [2.24, 2.45) is 0 Å². The monoisotopic (exact) mass is 343 g/mol. The van der Waals surface area contributed by atoms with Crippen LogP contribution in [0.3, 0.4) is 0 Å². The van der Waals surface area contributed by atoms with Crippen LogP contribution in [-0.2, 0) is 6.61 Å². The maximum Gasteiger partial charge on any atom is 0.137 e. The first-order chi connectivity index (χ1) is 9.78. The molecule has 1 heterocycles. The summed E-state index contributed by atoms with van der Waals surface area (Å²) in [5, 5.41) is 12.4. The molecule has 0 aliphatic rings. The first-order valence-corrected chi connectivity index (χ1v) is 7.73. The van der Waals surface area contributed by atoms with Crippen LogP contribution in [0, 0.1) is 11.3 Å². The Morgan fingerprint density at radius 1 is 1.20 bits per heavy atom. The number of hydrogen-bond donors (Lipinski definition) is 0. The van der Waals surface area contributed by atoms with Crippen LogP contribution in [0.2, 0.25) is 0 Å². The summed E-state index contributed by atoms with van der Waals surface area (Å²) in [6, 6.07) is 15.9. The fourth-order valence-corrected chi connectivity index (χ4v) is 3.32. The normalized spacial score (nSPS) is 10.4. The van der Waals surface area contributed by atoms with E-state index >= 15 is 0 Å². The average molecular weight is 344 g/mol. The summed E-state index contributed by atoms with van der Waals surface area (Å²) in [4.78, 5) is 0. The van der Waals surface area contributed by atoms with Crippen molar-refractivity contribution in [2.45, 2.75) is 6.61 Å². The highest BCUT2D eigenvalue weighted by atomic mass is 79.9. The molecule has 0 aliphatic carbocycles. The second-order valence-electron chi connectivity index (χ2n) is 4.30. The lowest BCUT2D eigenvalue weighted by atomic mass is 10.2. The predicted molar refractivity (Wildman–Crippen MR) is 85.0 cm³/mol. The van der Waals surface area contributed by atoms with Crippen LogP contribution in [0.5, 0.6) is 5.75 Å². The molecule has 0 saturated carbocycles. The quantitative estimate of drug-likeness (QED) is 0.661. The number of rotatable bonds is 3. The van der Waals surface area contributed by atoms with E-state index in [9.17, 15) is 0 Å². The second kappa shape index (κ2) is 5.66. The minimum Gasteiger partial charge on any atom is -0.487 e. The molecule has 2 nitrogen and oxygen atoms in total. The Labute approximate surface area is 129 Å². The highest BCUT2D eigenvalue weighted by Crippen LogP contribution is 2.28. The third-order valence-electron chi connectivity index (χ3n) is 3.01. The minimum absolute atomic E-state index is 0.473. The molecule has 2 aromatic carbocycles. The van der Waals surface area contributed by atoms with Crippen LogP contribution in [0.4, 0.5) is 0 Å². The fourth-order valence-electron chi connectivity index (χ4n) is 2.02. The van der Waals surface area contributed by atoms with Crippen molar-refractivity contribution < 1.29 is 4.74 Å². The highest BCUT2D eigenvalue weighted by Gasteiger charge is 2.07. The SMILES string of the molecule is N#Cc1cc(Br)ccc1OCc1csc2ccccc12. The van der Waals surface area contributed by atoms with Gasteiger partial charge in [0, 0.05) is 14.7 Å². The Kier molecular flexibility index (Phi) is 3.72. The molecule has 3 aromatic rings. The molecule has 0 aliphatic heterocycles. The van der Waals surface area contributed by atoms with Gasteiger partial charge in [0.1, 0.15) is 18.4 Å². The predicted octanol–water partition coefficient (Wildman–Crippen LogP) is 5.11. The molecule has 1 aromatic heterocycles. The zero-order valence-electron chi connectivity index (χ0n) is 10.5. The second-order valence-corrected chi connectivity index (χ2v) is 6.12. The zero-order valence-corrected chi connectivity index (χ0v) is 12.9. The number of halogens is 1. The molecule has 0 bridgehead atoms. The zero-order chi connectivity index (χ0) is 13.9. The summed E-state index contributed by atoms with van der Waals surface area (Å²) >= 11 is 5.06. The third kappa shape index (κ3) is 2.55. The van der Waals surface area contributed by atoms with Crippen molar-refractivity contribution in [1.82, 2.24) is 0 Å². The van der Waals surface area contributed by atoms with Crippen LogP contribution >= 0.6 is 27.3 Å². The lowest BCUT2D eigenvalue weighted by Crippen LogP contribution is -1.96. The van der Waals surface area contributed by atoms with E-state index in [-0.39, 0.29) is 0 Å². The molecule has 0 radical (unpaired) electrons. The fraction of sp³-hybridized carbons (Fsp3) is 0.0625. The van der Waals surface area contributed by atoms with Crippen molar-refractivity contribution >= 4 is 37.4 Å². The van der Waals surface area contributed by atoms with Gasteiger partial charge in [0.25, 0.3) is 0 Å². The van der Waals surface area contributed by atoms with Gasteiger partial charge in [-0.25, -0.2) is 0 Å². The lowest BCUT2D eigenvalue weighted by Gasteiger charge is -2.07. The largest absolute Gasteiger partial charge is 0.487 e. The number of nitriles is 1. The molecule has 0 N–H and O–H groups in total. The van der Waals surface area contributed by atoms with Crippen molar-refractivity contribution in [2.75, 3.05) is 0 Å². The maximum absolute atomic E-state index is 9.12. The smallest absolute Gasteiger partial charge is 0.137 e. The Balaban J connectivity index is 1.85. The Morgan fingerprint density at radius 2 is 2.05 bits per heavy atom. The van der Waals surface area contributed by atoms with Crippen LogP contribution in [0.15, 0.2) is 52.3 Å². The summed E-state index contributed by atoms with van der Waals surface area (Å²) in [5.74, 6) is 0.617. The van der Waals surface area contributed by atoms with E-state index in [4.69, 9.17) is 10.00 Å². The van der Waals surface area contributed by atoms with Crippen molar-refractivity contribution in [3.63, 3.8) is 0 Å².